The summed E-state index contributed by atoms with van der Waals surface area (Å²) < 4.78 is 5.98. The van der Waals surface area contributed by atoms with E-state index in [-0.39, 0.29) is 5.91 Å². The Morgan fingerprint density at radius 1 is 1.36 bits per heavy atom. The minimum Gasteiger partial charge on any atom is -0.493 e. The van der Waals surface area contributed by atoms with Gasteiger partial charge in [-0.1, -0.05) is 12.1 Å². The highest BCUT2D eigenvalue weighted by atomic mass is 16.5. The van der Waals surface area contributed by atoms with Crippen molar-refractivity contribution in [1.29, 1.82) is 0 Å². The average Bonchev–Trinajstić information content (AvgIpc) is 2.66. The van der Waals surface area contributed by atoms with Crippen LogP contribution in [0.15, 0.2) is 42.6 Å². The number of aryl methyl sites for hydroxylation is 1. The summed E-state index contributed by atoms with van der Waals surface area (Å²) in [5.74, 6) is 2.16. The van der Waals surface area contributed by atoms with Gasteiger partial charge in [0.1, 0.15) is 11.6 Å². The molecule has 1 aliphatic heterocycles. The highest BCUT2D eigenvalue weighted by Crippen LogP contribution is 2.23. The summed E-state index contributed by atoms with van der Waals surface area (Å²) in [6.07, 6.45) is 3.96. The molecule has 0 saturated carbocycles. The molecule has 25 heavy (non-hydrogen) atoms. The summed E-state index contributed by atoms with van der Waals surface area (Å²) in [7, 11) is 1.64. The van der Waals surface area contributed by atoms with Crippen LogP contribution in [-0.4, -0.2) is 37.6 Å². The van der Waals surface area contributed by atoms with Gasteiger partial charge in [0.2, 0.25) is 0 Å². The van der Waals surface area contributed by atoms with Gasteiger partial charge in [0.05, 0.1) is 6.61 Å². The van der Waals surface area contributed by atoms with Crippen molar-refractivity contribution in [2.75, 3.05) is 31.6 Å². The number of benzene rings is 1. The van der Waals surface area contributed by atoms with Crippen LogP contribution in [0.5, 0.6) is 5.75 Å². The fraction of sp³-hybridized carbons (Fsp3) is 0.400. The molecule has 1 fully saturated rings. The Labute approximate surface area is 149 Å². The monoisotopic (exact) mass is 339 g/mol. The van der Waals surface area contributed by atoms with Crippen LogP contribution >= 0.6 is 0 Å². The van der Waals surface area contributed by atoms with Gasteiger partial charge in [0.25, 0.3) is 5.91 Å². The molecule has 2 heterocycles. The second kappa shape index (κ2) is 8.01. The van der Waals surface area contributed by atoms with Crippen molar-refractivity contribution in [1.82, 2.24) is 10.3 Å². The molecule has 0 radical (unpaired) electrons. The van der Waals surface area contributed by atoms with E-state index in [1.807, 2.05) is 18.2 Å². The molecular weight excluding hydrogens is 314 g/mol. The van der Waals surface area contributed by atoms with E-state index in [0.717, 1.165) is 37.5 Å². The zero-order valence-corrected chi connectivity index (χ0v) is 14.9. The third-order valence-corrected chi connectivity index (χ3v) is 4.55. The van der Waals surface area contributed by atoms with E-state index >= 15 is 0 Å². The number of rotatable bonds is 5. The molecule has 1 amide bonds. The molecule has 1 saturated heterocycles. The number of aromatic nitrogens is 1. The van der Waals surface area contributed by atoms with Crippen molar-refractivity contribution < 1.29 is 9.53 Å². The van der Waals surface area contributed by atoms with Crippen LogP contribution in [0.2, 0.25) is 0 Å². The summed E-state index contributed by atoms with van der Waals surface area (Å²) in [4.78, 5) is 18.5. The predicted molar refractivity (Wildman–Crippen MR) is 99.2 cm³/mol. The summed E-state index contributed by atoms with van der Waals surface area (Å²) >= 11 is 0. The summed E-state index contributed by atoms with van der Waals surface area (Å²) in [6.45, 7) is 4.64. The molecule has 1 aromatic heterocycles. The number of pyridine rings is 1. The van der Waals surface area contributed by atoms with E-state index in [1.165, 1.54) is 5.56 Å². The van der Waals surface area contributed by atoms with Gasteiger partial charge < -0.3 is 15.0 Å². The molecule has 0 spiro atoms. The van der Waals surface area contributed by atoms with Gasteiger partial charge >= 0.3 is 0 Å². The molecule has 1 aliphatic rings. The van der Waals surface area contributed by atoms with Crippen LogP contribution in [0.3, 0.4) is 0 Å². The lowest BCUT2D eigenvalue weighted by atomic mass is 9.99. The molecule has 132 valence electrons. The van der Waals surface area contributed by atoms with Gasteiger partial charge in [-0.2, -0.15) is 0 Å². The first-order valence-corrected chi connectivity index (χ1v) is 8.78. The first-order valence-electron chi connectivity index (χ1n) is 8.78. The highest BCUT2D eigenvalue weighted by Gasteiger charge is 2.22. The Morgan fingerprint density at radius 3 is 3.04 bits per heavy atom. The van der Waals surface area contributed by atoms with Crippen molar-refractivity contribution in [3.63, 3.8) is 0 Å². The van der Waals surface area contributed by atoms with Crippen LogP contribution < -0.4 is 15.0 Å². The Balaban J connectivity index is 1.62. The number of hydrogen-bond donors (Lipinski definition) is 1. The summed E-state index contributed by atoms with van der Waals surface area (Å²) in [6, 6.07) is 11.8. The standard InChI is InChI=1S/C20H25N3O2/c1-15-5-3-7-18(11-15)25-14-16-6-4-10-23(13-16)19-12-17(8-9-22-19)20(24)21-2/h3,5,7-9,11-12,16H,4,6,10,13-14H2,1-2H3,(H,21,24)/t16-/m0/s1. The molecule has 1 aromatic carbocycles. The fourth-order valence-electron chi connectivity index (χ4n) is 3.21. The van der Waals surface area contributed by atoms with Crippen molar-refractivity contribution in [3.05, 3.63) is 53.7 Å². The third-order valence-electron chi connectivity index (χ3n) is 4.55. The molecule has 0 bridgehead atoms. The van der Waals surface area contributed by atoms with Crippen molar-refractivity contribution in [3.8, 4) is 5.75 Å². The number of carbonyl (C=O) groups excluding carboxylic acids is 1. The quantitative estimate of drug-likeness (QED) is 0.910. The molecule has 0 aliphatic carbocycles. The summed E-state index contributed by atoms with van der Waals surface area (Å²) in [5, 5.41) is 2.66. The number of carbonyl (C=O) groups is 1. The number of hydrogen-bond acceptors (Lipinski definition) is 4. The Hall–Kier alpha value is -2.56. The Bertz CT molecular complexity index is 732. The lowest BCUT2D eigenvalue weighted by Gasteiger charge is -2.33. The lowest BCUT2D eigenvalue weighted by Crippen LogP contribution is -2.38. The fourth-order valence-corrected chi connectivity index (χ4v) is 3.21. The van der Waals surface area contributed by atoms with Crippen LogP contribution in [0.25, 0.3) is 0 Å². The van der Waals surface area contributed by atoms with E-state index in [2.05, 4.69) is 34.3 Å². The van der Waals surface area contributed by atoms with Crippen LogP contribution in [0.4, 0.5) is 5.82 Å². The second-order valence-corrected chi connectivity index (χ2v) is 6.56. The molecule has 1 N–H and O–H groups in total. The number of ether oxygens (including phenoxy) is 1. The molecule has 3 rings (SSSR count). The van der Waals surface area contributed by atoms with Gasteiger partial charge in [-0.05, 0) is 49.6 Å². The maximum Gasteiger partial charge on any atom is 0.251 e. The van der Waals surface area contributed by atoms with Crippen LogP contribution in [0.1, 0.15) is 28.8 Å². The second-order valence-electron chi connectivity index (χ2n) is 6.56. The van der Waals surface area contributed by atoms with Crippen LogP contribution in [0, 0.1) is 12.8 Å². The van der Waals surface area contributed by atoms with E-state index in [1.54, 1.807) is 19.3 Å². The minimum absolute atomic E-state index is 0.0833. The largest absolute Gasteiger partial charge is 0.493 e. The molecule has 0 unspecified atom stereocenters. The van der Waals surface area contributed by atoms with Gasteiger partial charge in [0.15, 0.2) is 0 Å². The highest BCUT2D eigenvalue weighted by molar-refractivity contribution is 5.94. The molecule has 5 nitrogen and oxygen atoms in total. The Kier molecular flexibility index (Phi) is 5.53. The van der Waals surface area contributed by atoms with Gasteiger partial charge in [-0.3, -0.25) is 4.79 Å². The minimum atomic E-state index is -0.0833. The van der Waals surface area contributed by atoms with E-state index in [4.69, 9.17) is 4.74 Å². The maximum absolute atomic E-state index is 11.8. The lowest BCUT2D eigenvalue weighted by molar-refractivity contribution is 0.0963. The third kappa shape index (κ3) is 4.50. The first kappa shape index (κ1) is 17.3. The van der Waals surface area contributed by atoms with E-state index in [9.17, 15) is 4.79 Å². The molecule has 1 atom stereocenters. The topological polar surface area (TPSA) is 54.5 Å². The van der Waals surface area contributed by atoms with Crippen molar-refractivity contribution >= 4 is 11.7 Å². The maximum atomic E-state index is 11.8. The molecular formula is C20H25N3O2. The average molecular weight is 339 g/mol. The smallest absolute Gasteiger partial charge is 0.251 e. The zero-order valence-electron chi connectivity index (χ0n) is 14.9. The van der Waals surface area contributed by atoms with Gasteiger partial charge in [-0.15, -0.1) is 0 Å². The number of nitrogens with zero attached hydrogens (tertiary/aromatic N) is 2. The van der Waals surface area contributed by atoms with E-state index < -0.39 is 0 Å². The SMILES string of the molecule is CNC(=O)c1ccnc(N2CCC[C@H](COc3cccc(C)c3)C2)c1. The molecule has 5 heteroatoms. The number of amides is 1. The first-order chi connectivity index (χ1) is 12.2. The number of anilines is 1. The van der Waals surface area contributed by atoms with Crippen molar-refractivity contribution in [2.24, 2.45) is 5.92 Å². The number of piperidine rings is 1. The Morgan fingerprint density at radius 2 is 2.24 bits per heavy atom. The number of nitrogens with one attached hydrogen (secondary N) is 1. The van der Waals surface area contributed by atoms with Gasteiger partial charge in [-0.25, -0.2) is 4.98 Å². The summed E-state index contributed by atoms with van der Waals surface area (Å²) in [5.41, 5.74) is 1.85. The van der Waals surface area contributed by atoms with Crippen molar-refractivity contribution in [2.45, 2.75) is 19.8 Å². The van der Waals surface area contributed by atoms with Crippen LogP contribution in [-0.2, 0) is 0 Å². The van der Waals surface area contributed by atoms with Gasteiger partial charge in [0, 0.05) is 37.8 Å². The zero-order chi connectivity index (χ0) is 17.6. The predicted octanol–water partition coefficient (Wildman–Crippen LogP) is 3.05. The van der Waals surface area contributed by atoms with E-state index in [0.29, 0.717) is 18.1 Å². The normalized spacial score (nSPS) is 17.2. The molecule has 2 aromatic rings.